The summed E-state index contributed by atoms with van der Waals surface area (Å²) >= 11 is 0. The van der Waals surface area contributed by atoms with Gasteiger partial charge in [0.1, 0.15) is 0 Å². The van der Waals surface area contributed by atoms with Gasteiger partial charge in [-0.25, -0.2) is 17.5 Å². The Hall–Kier alpha value is -1.61. The van der Waals surface area contributed by atoms with Crippen molar-refractivity contribution in [2.24, 2.45) is 0 Å². The first-order valence-electron chi connectivity index (χ1n) is 7.79. The van der Waals surface area contributed by atoms with Gasteiger partial charge in [-0.15, -0.1) is 0 Å². The van der Waals surface area contributed by atoms with Crippen LogP contribution in [0.5, 0.6) is 0 Å². The summed E-state index contributed by atoms with van der Waals surface area (Å²) in [6.07, 6.45) is 1.83. The lowest BCUT2D eigenvalue weighted by Crippen LogP contribution is -2.39. The Labute approximate surface area is 137 Å². The molecule has 1 N–H and O–H groups in total. The van der Waals surface area contributed by atoms with Gasteiger partial charge in [0, 0.05) is 32.7 Å². The van der Waals surface area contributed by atoms with E-state index in [1.54, 1.807) is 4.90 Å². The molecule has 8 nitrogen and oxygen atoms in total. The summed E-state index contributed by atoms with van der Waals surface area (Å²) in [5.41, 5.74) is 2.44. The molecule has 2 rings (SSSR count). The summed E-state index contributed by atoms with van der Waals surface area (Å²) in [7, 11) is -3.21. The topological polar surface area (TPSA) is 87.5 Å². The van der Waals surface area contributed by atoms with Crippen molar-refractivity contribution in [1.29, 1.82) is 0 Å². The van der Waals surface area contributed by atoms with E-state index in [2.05, 4.69) is 10.4 Å². The molecule has 0 unspecified atom stereocenters. The number of aryl methyl sites for hydroxylation is 2. The summed E-state index contributed by atoms with van der Waals surface area (Å²) in [6, 6.07) is -0.206. The predicted molar refractivity (Wildman–Crippen MR) is 89.0 cm³/mol. The molecule has 1 saturated heterocycles. The number of amides is 2. The maximum Gasteiger partial charge on any atom is 0.321 e. The van der Waals surface area contributed by atoms with Gasteiger partial charge in [-0.3, -0.25) is 4.68 Å². The van der Waals surface area contributed by atoms with Crippen molar-refractivity contribution >= 4 is 21.7 Å². The minimum atomic E-state index is -3.21. The Balaban J connectivity index is 2.06. The van der Waals surface area contributed by atoms with Crippen LogP contribution in [0.2, 0.25) is 0 Å². The smallest absolute Gasteiger partial charge is 0.321 e. The van der Waals surface area contributed by atoms with Gasteiger partial charge >= 0.3 is 6.03 Å². The van der Waals surface area contributed by atoms with Crippen molar-refractivity contribution in [3.05, 3.63) is 11.4 Å². The van der Waals surface area contributed by atoms with Crippen LogP contribution in [0, 0.1) is 13.8 Å². The zero-order chi connectivity index (χ0) is 17.2. The van der Waals surface area contributed by atoms with E-state index >= 15 is 0 Å². The van der Waals surface area contributed by atoms with E-state index < -0.39 is 10.0 Å². The first-order valence-corrected chi connectivity index (χ1v) is 9.64. The molecule has 2 heterocycles. The number of sulfonamides is 1. The van der Waals surface area contributed by atoms with Gasteiger partial charge in [-0.05, 0) is 27.2 Å². The Kier molecular flexibility index (Phi) is 5.30. The third kappa shape index (κ3) is 4.03. The van der Waals surface area contributed by atoms with Crippen LogP contribution in [0.1, 0.15) is 24.7 Å². The number of anilines is 1. The van der Waals surface area contributed by atoms with Crippen LogP contribution in [0.3, 0.4) is 0 Å². The van der Waals surface area contributed by atoms with Crippen molar-refractivity contribution in [2.75, 3.05) is 37.8 Å². The molecule has 0 atom stereocenters. The third-order valence-electron chi connectivity index (χ3n) is 4.12. The molecule has 0 saturated carbocycles. The number of aromatic nitrogens is 2. The minimum absolute atomic E-state index is 0.206. The van der Waals surface area contributed by atoms with Crippen molar-refractivity contribution in [3.8, 4) is 0 Å². The summed E-state index contributed by atoms with van der Waals surface area (Å²) in [5.74, 6) is 0. The highest BCUT2D eigenvalue weighted by Crippen LogP contribution is 2.20. The Morgan fingerprint density at radius 3 is 2.48 bits per heavy atom. The fraction of sp³-hybridized carbons (Fsp3) is 0.714. The van der Waals surface area contributed by atoms with Gasteiger partial charge in [-0.1, -0.05) is 0 Å². The molecule has 1 fully saturated rings. The number of nitrogens with zero attached hydrogens (tertiary/aromatic N) is 4. The molecule has 0 aromatic carbocycles. The summed E-state index contributed by atoms with van der Waals surface area (Å²) in [6.45, 7) is 8.24. The zero-order valence-corrected chi connectivity index (χ0v) is 15.0. The second-order valence-corrected chi connectivity index (χ2v) is 7.78. The van der Waals surface area contributed by atoms with Crippen LogP contribution in [0.25, 0.3) is 0 Å². The van der Waals surface area contributed by atoms with Crippen molar-refractivity contribution < 1.29 is 13.2 Å². The lowest BCUT2D eigenvalue weighted by atomic mass is 10.3. The van der Waals surface area contributed by atoms with Gasteiger partial charge in [-0.2, -0.15) is 5.10 Å². The van der Waals surface area contributed by atoms with E-state index in [9.17, 15) is 13.2 Å². The van der Waals surface area contributed by atoms with Gasteiger partial charge < -0.3 is 10.2 Å². The largest absolute Gasteiger partial charge is 0.323 e. The van der Waals surface area contributed by atoms with E-state index in [-0.39, 0.29) is 6.03 Å². The SMILES string of the molecule is CCn1nc(C)c(NC(=O)N2CCCN(S(C)(=O)=O)CC2)c1C. The monoisotopic (exact) mass is 343 g/mol. The second-order valence-electron chi connectivity index (χ2n) is 5.79. The molecule has 2 amide bonds. The van der Waals surface area contributed by atoms with Gasteiger partial charge in [0.05, 0.1) is 23.3 Å². The van der Waals surface area contributed by atoms with Crippen molar-refractivity contribution in [2.45, 2.75) is 33.7 Å². The van der Waals surface area contributed by atoms with Crippen molar-refractivity contribution in [1.82, 2.24) is 19.0 Å². The number of carbonyl (C=O) groups is 1. The maximum atomic E-state index is 12.5. The van der Waals surface area contributed by atoms with Gasteiger partial charge in [0.15, 0.2) is 0 Å². The third-order valence-corrected chi connectivity index (χ3v) is 5.43. The molecule has 0 radical (unpaired) electrons. The molecule has 1 aliphatic rings. The number of carbonyl (C=O) groups excluding carboxylic acids is 1. The molecule has 9 heteroatoms. The highest BCUT2D eigenvalue weighted by atomic mass is 32.2. The predicted octanol–water partition coefficient (Wildman–Crippen LogP) is 1.02. The zero-order valence-electron chi connectivity index (χ0n) is 14.2. The van der Waals surface area contributed by atoms with Crippen LogP contribution in [-0.2, 0) is 16.6 Å². The van der Waals surface area contributed by atoms with E-state index in [1.165, 1.54) is 10.6 Å². The standard InChI is InChI=1S/C14H25N5O3S/c1-5-19-12(3)13(11(2)16-19)15-14(20)17-7-6-8-18(10-9-17)23(4,21)22/h5-10H2,1-4H3,(H,15,20). The molecule has 0 bridgehead atoms. The minimum Gasteiger partial charge on any atom is -0.323 e. The molecule has 0 spiro atoms. The number of nitrogens with one attached hydrogen (secondary N) is 1. The molecular formula is C14H25N5O3S. The molecule has 23 heavy (non-hydrogen) atoms. The van der Waals surface area contributed by atoms with Gasteiger partial charge in [0.2, 0.25) is 10.0 Å². The van der Waals surface area contributed by atoms with Crippen LogP contribution >= 0.6 is 0 Å². The molecule has 1 aromatic rings. The molecule has 1 aliphatic heterocycles. The average Bonchev–Trinajstić information content (AvgIpc) is 2.69. The maximum absolute atomic E-state index is 12.5. The fourth-order valence-corrected chi connectivity index (χ4v) is 3.67. The normalized spacial score (nSPS) is 17.1. The molecule has 0 aliphatic carbocycles. The van der Waals surface area contributed by atoms with Gasteiger partial charge in [0.25, 0.3) is 0 Å². The Morgan fingerprint density at radius 1 is 1.22 bits per heavy atom. The highest BCUT2D eigenvalue weighted by Gasteiger charge is 2.24. The Bertz CT molecular complexity index is 683. The van der Waals surface area contributed by atoms with Crippen LogP contribution < -0.4 is 5.32 Å². The number of hydrogen-bond acceptors (Lipinski definition) is 4. The quantitative estimate of drug-likeness (QED) is 0.887. The molecule has 1 aromatic heterocycles. The van der Waals surface area contributed by atoms with E-state index in [1.807, 2.05) is 25.5 Å². The second kappa shape index (κ2) is 6.88. The van der Waals surface area contributed by atoms with Crippen LogP contribution in [-0.4, -0.2) is 65.9 Å². The lowest BCUT2D eigenvalue weighted by Gasteiger charge is -2.21. The fourth-order valence-electron chi connectivity index (χ4n) is 2.80. The molecular weight excluding hydrogens is 318 g/mol. The van der Waals surface area contributed by atoms with E-state index in [0.29, 0.717) is 32.6 Å². The lowest BCUT2D eigenvalue weighted by molar-refractivity contribution is 0.214. The van der Waals surface area contributed by atoms with E-state index in [0.717, 1.165) is 23.6 Å². The summed E-state index contributed by atoms with van der Waals surface area (Å²) in [5, 5.41) is 7.31. The number of hydrogen-bond donors (Lipinski definition) is 1. The van der Waals surface area contributed by atoms with Crippen LogP contribution in [0.4, 0.5) is 10.5 Å². The first-order chi connectivity index (χ1) is 10.7. The van der Waals surface area contributed by atoms with Crippen molar-refractivity contribution in [3.63, 3.8) is 0 Å². The number of urea groups is 1. The summed E-state index contributed by atoms with van der Waals surface area (Å²) in [4.78, 5) is 14.1. The van der Waals surface area contributed by atoms with E-state index in [4.69, 9.17) is 0 Å². The number of rotatable bonds is 3. The average molecular weight is 343 g/mol. The Morgan fingerprint density at radius 2 is 1.91 bits per heavy atom. The van der Waals surface area contributed by atoms with Crippen LogP contribution in [0.15, 0.2) is 0 Å². The first kappa shape index (κ1) is 17.7. The molecule has 130 valence electrons. The summed E-state index contributed by atoms with van der Waals surface area (Å²) < 4.78 is 26.5. The highest BCUT2D eigenvalue weighted by molar-refractivity contribution is 7.88.